The van der Waals surface area contributed by atoms with E-state index < -0.39 is 18.0 Å². The number of aliphatic hydroxyl groups excluding tert-OH is 1. The number of carboxylic acids is 1. The lowest BCUT2D eigenvalue weighted by atomic mass is 9.77. The van der Waals surface area contributed by atoms with E-state index in [0.29, 0.717) is 18.5 Å². The van der Waals surface area contributed by atoms with Crippen molar-refractivity contribution in [2.45, 2.75) is 49.5 Å². The maximum absolute atomic E-state index is 12.7. The maximum Gasteiger partial charge on any atom is 0.250 e. The van der Waals surface area contributed by atoms with Crippen LogP contribution >= 0.6 is 23.1 Å². The molecular weight excluding hydrogens is 490 g/mol. The molecule has 2 fully saturated rings. The first-order valence-corrected chi connectivity index (χ1v) is 13.6. The second kappa shape index (κ2) is 8.61. The Morgan fingerprint density at radius 1 is 1.40 bits per heavy atom. The molecule has 5 heterocycles. The number of β-lactam (4-membered cyclic amide) rings is 1. The lowest BCUT2D eigenvalue weighted by molar-refractivity contribution is -0.508. The molecule has 3 aliphatic rings. The van der Waals surface area contributed by atoms with E-state index in [4.69, 9.17) is 0 Å². The Labute approximate surface area is 211 Å². The third kappa shape index (κ3) is 3.52. The lowest BCUT2D eigenvalue weighted by Gasteiger charge is -2.47. The number of nitrogens with one attached hydrogen (secondary N) is 1. The summed E-state index contributed by atoms with van der Waals surface area (Å²) in [7, 11) is 3.51. The van der Waals surface area contributed by atoms with E-state index in [1.54, 1.807) is 37.7 Å². The van der Waals surface area contributed by atoms with Crippen LogP contribution in [0.25, 0.3) is 10.4 Å². The number of imidazole rings is 1. The van der Waals surface area contributed by atoms with Gasteiger partial charge in [0.1, 0.15) is 12.2 Å². The van der Waals surface area contributed by atoms with Crippen molar-refractivity contribution in [2.75, 3.05) is 26.9 Å². The molecule has 2 aromatic rings. The van der Waals surface area contributed by atoms with E-state index in [9.17, 15) is 24.6 Å². The van der Waals surface area contributed by atoms with Crippen molar-refractivity contribution in [3.05, 3.63) is 23.1 Å². The van der Waals surface area contributed by atoms with Gasteiger partial charge in [0, 0.05) is 38.6 Å². The number of rotatable bonds is 6. The van der Waals surface area contributed by atoms with Crippen molar-refractivity contribution < 1.29 is 29.0 Å². The van der Waals surface area contributed by atoms with Gasteiger partial charge in [0.25, 0.3) is 6.33 Å². The molecule has 2 N–H and O–H groups in total. The molecule has 2 saturated heterocycles. The van der Waals surface area contributed by atoms with E-state index in [1.165, 1.54) is 16.2 Å². The molecule has 10 nitrogen and oxygen atoms in total. The molecule has 0 unspecified atom stereocenters. The zero-order chi connectivity index (χ0) is 25.3. The normalized spacial score (nSPS) is 29.0. The number of fused-ring (bicyclic) bond motifs is 2. The molecule has 0 saturated carbocycles. The molecule has 188 valence electrons. The number of nitrogens with zero attached hydrogens (tertiary/aromatic N) is 4. The Morgan fingerprint density at radius 3 is 2.71 bits per heavy atom. The van der Waals surface area contributed by atoms with Crippen LogP contribution in [0, 0.1) is 11.8 Å². The fourth-order valence-corrected chi connectivity index (χ4v) is 8.02. The summed E-state index contributed by atoms with van der Waals surface area (Å²) in [6.07, 6.45) is 5.74. The molecule has 0 spiro atoms. The second-order valence-electron chi connectivity index (χ2n) is 9.73. The van der Waals surface area contributed by atoms with E-state index in [-0.39, 0.29) is 41.6 Å². The van der Waals surface area contributed by atoms with Crippen LogP contribution in [0.15, 0.2) is 23.2 Å². The SMILES string of the molecule is CSc1c2sc(C3=C(C(=O)[O-])N4C(=O)[C@H]([C@@H](C)O)[C@H]4[C@H]3C)c[n+]2cn1[C@@H]1CN[C@H](C(=O)N(C)C)C1. The number of thiazole rings is 1. The number of aliphatic carboxylic acids is 1. The van der Waals surface area contributed by atoms with Crippen LogP contribution < -0.4 is 14.8 Å². The number of carbonyl (C=O) groups is 3. The average Bonchev–Trinajstić information content (AvgIpc) is 3.52. The van der Waals surface area contributed by atoms with E-state index in [0.717, 1.165) is 14.7 Å². The van der Waals surface area contributed by atoms with E-state index in [2.05, 4.69) is 9.88 Å². The molecule has 12 heteroatoms. The molecule has 2 aromatic heterocycles. The standard InChI is InChI=1S/C23H29N5O5S2/c1-10-15(18(23(32)33)28-17(10)16(11(2)29)20(28)31)14-8-26-9-27(22(34-5)21(26)35-14)12-6-13(24-7-12)19(30)25(3)4/h8-13,16-17,24,29H,6-7H2,1-5H3/t10-,11+,12-,13-,16+,17+/m0/s1. The molecule has 5 rings (SSSR count). The first-order valence-electron chi connectivity index (χ1n) is 11.6. The fourth-order valence-electron chi connectivity index (χ4n) is 5.79. The van der Waals surface area contributed by atoms with Crippen LogP contribution in [0.3, 0.4) is 0 Å². The van der Waals surface area contributed by atoms with Gasteiger partial charge in [-0.15, -0.1) is 0 Å². The van der Waals surface area contributed by atoms with Crippen LogP contribution in [0.4, 0.5) is 0 Å². The number of thioether (sulfide) groups is 1. The van der Waals surface area contributed by atoms with E-state index >= 15 is 0 Å². The number of amides is 2. The van der Waals surface area contributed by atoms with Gasteiger partial charge in [-0.05, 0) is 13.2 Å². The maximum atomic E-state index is 12.7. The van der Waals surface area contributed by atoms with Crippen molar-refractivity contribution in [1.29, 1.82) is 0 Å². The van der Waals surface area contributed by atoms with Gasteiger partial charge in [-0.25, -0.2) is 4.57 Å². The monoisotopic (exact) mass is 519 g/mol. The number of hydrogen-bond donors (Lipinski definition) is 2. The van der Waals surface area contributed by atoms with Crippen LogP contribution in [-0.4, -0.2) is 82.3 Å². The Hall–Kier alpha value is -2.41. The number of aromatic nitrogens is 2. The highest BCUT2D eigenvalue weighted by molar-refractivity contribution is 7.98. The summed E-state index contributed by atoms with van der Waals surface area (Å²) < 4.78 is 4.17. The van der Waals surface area contributed by atoms with Crippen LogP contribution in [-0.2, 0) is 14.4 Å². The molecule has 3 aliphatic heterocycles. The fraction of sp³-hybridized carbons (Fsp3) is 0.565. The van der Waals surface area contributed by atoms with Gasteiger partial charge in [-0.2, -0.15) is 4.40 Å². The number of carbonyl (C=O) groups excluding carboxylic acids is 3. The smallest absolute Gasteiger partial charge is 0.250 e. The first-order chi connectivity index (χ1) is 16.6. The summed E-state index contributed by atoms with van der Waals surface area (Å²) in [6, 6.07) is -0.478. The van der Waals surface area contributed by atoms with Crippen molar-refractivity contribution in [2.24, 2.45) is 11.8 Å². The highest BCUT2D eigenvalue weighted by Crippen LogP contribution is 2.51. The predicted molar refractivity (Wildman–Crippen MR) is 128 cm³/mol. The third-order valence-electron chi connectivity index (χ3n) is 7.43. The van der Waals surface area contributed by atoms with E-state index in [1.807, 2.05) is 30.1 Å². The lowest BCUT2D eigenvalue weighted by Crippen LogP contribution is -2.64. The van der Waals surface area contributed by atoms with Gasteiger partial charge in [-0.3, -0.25) is 9.59 Å². The van der Waals surface area contributed by atoms with Crippen LogP contribution in [0.1, 0.15) is 31.2 Å². The summed E-state index contributed by atoms with van der Waals surface area (Å²) in [5.41, 5.74) is 0.496. The quantitative estimate of drug-likeness (QED) is 0.295. The minimum Gasteiger partial charge on any atom is -0.543 e. The molecular formula is C23H29N5O5S2. The zero-order valence-corrected chi connectivity index (χ0v) is 21.9. The predicted octanol–water partition coefficient (Wildman–Crippen LogP) is -0.680. The number of likely N-dealkylation sites (N-methyl/N-ethyl adjacent to an activating group) is 1. The highest BCUT2D eigenvalue weighted by Gasteiger charge is 2.59. The summed E-state index contributed by atoms with van der Waals surface area (Å²) in [6.45, 7) is 4.15. The minimum absolute atomic E-state index is 0.0637. The van der Waals surface area contributed by atoms with Gasteiger partial charge in [0.15, 0.2) is 0 Å². The largest absolute Gasteiger partial charge is 0.543 e. The second-order valence-corrected chi connectivity index (χ2v) is 11.6. The molecule has 0 aromatic carbocycles. The van der Waals surface area contributed by atoms with Crippen molar-refractivity contribution in [1.82, 2.24) is 19.7 Å². The van der Waals surface area contributed by atoms with Gasteiger partial charge < -0.3 is 30.1 Å². The van der Waals surface area contributed by atoms with Gasteiger partial charge in [0.2, 0.25) is 21.7 Å². The van der Waals surface area contributed by atoms with Crippen molar-refractivity contribution >= 4 is 51.3 Å². The molecule has 6 atom stereocenters. The molecule has 0 bridgehead atoms. The van der Waals surface area contributed by atoms with Crippen LogP contribution in [0.2, 0.25) is 0 Å². The Bertz CT molecular complexity index is 1260. The number of carboxylic acid groups (broad SMARTS) is 1. The first kappa shape index (κ1) is 24.3. The topological polar surface area (TPSA) is 122 Å². The number of aliphatic hydroxyl groups is 1. The minimum atomic E-state index is -1.38. The molecule has 35 heavy (non-hydrogen) atoms. The summed E-state index contributed by atoms with van der Waals surface area (Å²) >= 11 is 3.08. The Morgan fingerprint density at radius 2 is 2.11 bits per heavy atom. The summed E-state index contributed by atoms with van der Waals surface area (Å²) in [4.78, 5) is 41.8. The molecule has 2 amide bonds. The van der Waals surface area contributed by atoms with Crippen LogP contribution in [0.5, 0.6) is 0 Å². The Balaban J connectivity index is 1.51. The highest BCUT2D eigenvalue weighted by atomic mass is 32.2. The van der Waals surface area contributed by atoms with Crippen molar-refractivity contribution in [3.8, 4) is 0 Å². The molecule has 0 radical (unpaired) electrons. The zero-order valence-electron chi connectivity index (χ0n) is 20.2. The van der Waals surface area contributed by atoms with Gasteiger partial charge in [0.05, 0.1) is 40.6 Å². The van der Waals surface area contributed by atoms with Crippen molar-refractivity contribution in [3.63, 3.8) is 0 Å². The Kier molecular flexibility index (Phi) is 5.98. The third-order valence-corrected chi connectivity index (χ3v) is 9.49. The molecule has 0 aliphatic carbocycles. The summed E-state index contributed by atoms with van der Waals surface area (Å²) in [5, 5.41) is 26.6. The summed E-state index contributed by atoms with van der Waals surface area (Å²) in [5.74, 6) is -2.54. The average molecular weight is 520 g/mol. The van der Waals surface area contributed by atoms with Gasteiger partial charge >= 0.3 is 0 Å². The van der Waals surface area contributed by atoms with Gasteiger partial charge in [-0.1, -0.05) is 30.0 Å². The number of hydrogen-bond acceptors (Lipinski definition) is 8.